The second-order valence-electron chi connectivity index (χ2n) is 8.28. The van der Waals surface area contributed by atoms with Gasteiger partial charge in [-0.25, -0.2) is 14.1 Å². The van der Waals surface area contributed by atoms with Crippen LogP contribution in [0.1, 0.15) is 64.2 Å². The molecule has 0 unspecified atom stereocenters. The Morgan fingerprint density at radius 1 is 1.29 bits per heavy atom. The smallest absolute Gasteiger partial charge is 0.183 e. The number of nitrogens with zero attached hydrogens (tertiary/aromatic N) is 5. The molecule has 2 fully saturated rings. The topological polar surface area (TPSA) is 56.1 Å². The van der Waals surface area contributed by atoms with Crippen LogP contribution in [0.2, 0.25) is 0 Å². The van der Waals surface area contributed by atoms with Crippen LogP contribution >= 0.6 is 0 Å². The number of hydrogen-bond donors (Lipinski definition) is 0. The third-order valence-corrected chi connectivity index (χ3v) is 6.02. The SMILES string of the molecule is CC[C@@H]1CN([C@@H]2CC[C@H](c3nc(-c4cncc(F)c4)nn3C(C)C)C2)CCO1. The van der Waals surface area contributed by atoms with Crippen molar-refractivity contribution in [1.82, 2.24) is 24.6 Å². The lowest BCUT2D eigenvalue weighted by molar-refractivity contribution is -0.0436. The van der Waals surface area contributed by atoms with E-state index in [1.165, 1.54) is 18.7 Å². The fraction of sp³-hybridized carbons (Fsp3) is 0.667. The molecule has 28 heavy (non-hydrogen) atoms. The highest BCUT2D eigenvalue weighted by Crippen LogP contribution is 2.38. The molecule has 6 nitrogen and oxygen atoms in total. The maximum atomic E-state index is 13.6. The van der Waals surface area contributed by atoms with Gasteiger partial charge in [0, 0.05) is 42.9 Å². The number of morpholine rings is 1. The molecule has 3 heterocycles. The van der Waals surface area contributed by atoms with E-state index in [0.717, 1.165) is 44.8 Å². The van der Waals surface area contributed by atoms with Crippen LogP contribution in [0.15, 0.2) is 18.5 Å². The molecule has 0 amide bonds. The molecule has 1 aliphatic carbocycles. The van der Waals surface area contributed by atoms with Crippen molar-refractivity contribution in [3.8, 4) is 11.4 Å². The number of hydrogen-bond acceptors (Lipinski definition) is 5. The molecule has 0 bridgehead atoms. The summed E-state index contributed by atoms with van der Waals surface area (Å²) in [4.78, 5) is 11.4. The Bertz CT molecular complexity index is 808. The van der Waals surface area contributed by atoms with E-state index in [9.17, 15) is 4.39 Å². The number of ether oxygens (including phenoxy) is 1. The summed E-state index contributed by atoms with van der Waals surface area (Å²) in [5, 5.41) is 4.69. The molecule has 2 aliphatic rings. The minimum absolute atomic E-state index is 0.213. The quantitative estimate of drug-likeness (QED) is 0.781. The predicted molar refractivity (Wildman–Crippen MR) is 106 cm³/mol. The molecule has 7 heteroatoms. The lowest BCUT2D eigenvalue weighted by atomic mass is 10.1. The fourth-order valence-corrected chi connectivity index (χ4v) is 4.49. The average molecular weight is 388 g/mol. The number of pyridine rings is 1. The first-order valence-electron chi connectivity index (χ1n) is 10.5. The van der Waals surface area contributed by atoms with Crippen LogP contribution in [0.25, 0.3) is 11.4 Å². The van der Waals surface area contributed by atoms with Crippen LogP contribution in [0.4, 0.5) is 4.39 Å². The zero-order valence-electron chi connectivity index (χ0n) is 17.0. The van der Waals surface area contributed by atoms with Crippen molar-refractivity contribution in [3.05, 3.63) is 30.1 Å². The van der Waals surface area contributed by atoms with Gasteiger partial charge in [0.05, 0.1) is 18.9 Å². The zero-order chi connectivity index (χ0) is 19.7. The molecule has 4 rings (SSSR count). The van der Waals surface area contributed by atoms with Gasteiger partial charge in [0.15, 0.2) is 5.82 Å². The Balaban J connectivity index is 1.54. The van der Waals surface area contributed by atoms with E-state index < -0.39 is 0 Å². The molecule has 1 saturated heterocycles. The molecular weight excluding hydrogens is 357 g/mol. The van der Waals surface area contributed by atoms with Gasteiger partial charge in [0.25, 0.3) is 0 Å². The number of aromatic nitrogens is 4. The van der Waals surface area contributed by atoms with Crippen molar-refractivity contribution < 1.29 is 9.13 Å². The molecule has 1 saturated carbocycles. The fourth-order valence-electron chi connectivity index (χ4n) is 4.49. The highest BCUT2D eigenvalue weighted by atomic mass is 19.1. The first kappa shape index (κ1) is 19.5. The minimum Gasteiger partial charge on any atom is -0.376 e. The molecule has 3 atom stereocenters. The number of halogens is 1. The summed E-state index contributed by atoms with van der Waals surface area (Å²) in [6, 6.07) is 2.25. The summed E-state index contributed by atoms with van der Waals surface area (Å²) in [5.74, 6) is 1.62. The van der Waals surface area contributed by atoms with Crippen molar-refractivity contribution in [2.24, 2.45) is 0 Å². The van der Waals surface area contributed by atoms with E-state index in [2.05, 4.69) is 30.7 Å². The second kappa shape index (κ2) is 8.25. The molecule has 0 radical (unpaired) electrons. The Labute approximate surface area is 166 Å². The van der Waals surface area contributed by atoms with E-state index in [4.69, 9.17) is 14.8 Å². The monoisotopic (exact) mass is 387 g/mol. The van der Waals surface area contributed by atoms with Crippen LogP contribution in [0.5, 0.6) is 0 Å². The normalized spacial score (nSPS) is 26.2. The lowest BCUT2D eigenvalue weighted by Gasteiger charge is -2.36. The second-order valence-corrected chi connectivity index (χ2v) is 8.28. The first-order valence-corrected chi connectivity index (χ1v) is 10.5. The van der Waals surface area contributed by atoms with Crippen LogP contribution in [0.3, 0.4) is 0 Å². The van der Waals surface area contributed by atoms with Gasteiger partial charge in [-0.2, -0.15) is 5.10 Å². The van der Waals surface area contributed by atoms with Crippen LogP contribution in [0, 0.1) is 5.82 Å². The van der Waals surface area contributed by atoms with E-state index in [1.54, 1.807) is 6.20 Å². The zero-order valence-corrected chi connectivity index (χ0v) is 17.0. The summed E-state index contributed by atoms with van der Waals surface area (Å²) in [6.07, 6.45) is 7.66. The standard InChI is InChI=1S/C21H30FN5O/c1-4-19-13-26(7-8-28-19)18-6-5-15(10-18)21-24-20(25-27(21)14(2)3)16-9-17(22)12-23-11-16/h9,11-12,14-15,18-19H,4-8,10,13H2,1-3H3/t15-,18+,19+/m0/s1. The van der Waals surface area contributed by atoms with Gasteiger partial charge in [0.2, 0.25) is 0 Å². The van der Waals surface area contributed by atoms with E-state index >= 15 is 0 Å². The van der Waals surface area contributed by atoms with Gasteiger partial charge in [-0.15, -0.1) is 0 Å². The van der Waals surface area contributed by atoms with E-state index in [-0.39, 0.29) is 11.9 Å². The summed E-state index contributed by atoms with van der Waals surface area (Å²) in [6.45, 7) is 9.31. The van der Waals surface area contributed by atoms with Crippen LogP contribution in [-0.2, 0) is 4.74 Å². The third-order valence-electron chi connectivity index (χ3n) is 6.02. The van der Waals surface area contributed by atoms with E-state index in [1.807, 2.05) is 4.68 Å². The minimum atomic E-state index is -0.362. The molecule has 0 spiro atoms. The Kier molecular flexibility index (Phi) is 5.73. The first-order chi connectivity index (χ1) is 13.5. The van der Waals surface area contributed by atoms with Gasteiger partial charge in [-0.05, 0) is 45.6 Å². The van der Waals surface area contributed by atoms with Crippen molar-refractivity contribution in [2.45, 2.75) is 70.6 Å². The molecule has 2 aromatic heterocycles. The Morgan fingerprint density at radius 3 is 2.89 bits per heavy atom. The summed E-state index contributed by atoms with van der Waals surface area (Å²) < 4.78 is 21.4. The molecule has 152 valence electrons. The molecule has 0 N–H and O–H groups in total. The molecular formula is C21H30FN5O. The van der Waals surface area contributed by atoms with Crippen LogP contribution < -0.4 is 0 Å². The maximum absolute atomic E-state index is 13.6. The summed E-state index contributed by atoms with van der Waals surface area (Å²) in [7, 11) is 0. The van der Waals surface area contributed by atoms with Crippen molar-refractivity contribution in [2.75, 3.05) is 19.7 Å². The Morgan fingerprint density at radius 2 is 2.14 bits per heavy atom. The highest BCUT2D eigenvalue weighted by molar-refractivity contribution is 5.52. The number of rotatable bonds is 5. The third kappa shape index (κ3) is 3.96. The maximum Gasteiger partial charge on any atom is 0.183 e. The largest absolute Gasteiger partial charge is 0.376 e. The summed E-state index contributed by atoms with van der Waals surface area (Å²) in [5.41, 5.74) is 0.633. The van der Waals surface area contributed by atoms with Gasteiger partial charge >= 0.3 is 0 Å². The van der Waals surface area contributed by atoms with Gasteiger partial charge in [-0.3, -0.25) is 9.88 Å². The lowest BCUT2D eigenvalue weighted by Crippen LogP contribution is -2.46. The average Bonchev–Trinajstić information content (AvgIpc) is 3.35. The predicted octanol–water partition coefficient (Wildman–Crippen LogP) is 3.81. The molecule has 0 aromatic carbocycles. The van der Waals surface area contributed by atoms with E-state index in [0.29, 0.717) is 29.5 Å². The van der Waals surface area contributed by atoms with Gasteiger partial charge in [-0.1, -0.05) is 6.92 Å². The van der Waals surface area contributed by atoms with Crippen LogP contribution in [-0.4, -0.2) is 56.5 Å². The van der Waals surface area contributed by atoms with Gasteiger partial charge in [0.1, 0.15) is 11.6 Å². The van der Waals surface area contributed by atoms with Crippen molar-refractivity contribution in [3.63, 3.8) is 0 Å². The van der Waals surface area contributed by atoms with Crippen molar-refractivity contribution >= 4 is 0 Å². The van der Waals surface area contributed by atoms with Crippen molar-refractivity contribution in [1.29, 1.82) is 0 Å². The van der Waals surface area contributed by atoms with Gasteiger partial charge < -0.3 is 4.74 Å². The highest BCUT2D eigenvalue weighted by Gasteiger charge is 2.35. The Hall–Kier alpha value is -1.86. The molecule has 1 aliphatic heterocycles. The molecule has 2 aromatic rings. The summed E-state index contributed by atoms with van der Waals surface area (Å²) >= 11 is 0.